The number of aliphatic hydroxyl groups excluding tert-OH is 1. The van der Waals surface area contributed by atoms with Crippen molar-refractivity contribution < 1.29 is 24.2 Å². The largest absolute Gasteiger partial charge is 0.454 e. The van der Waals surface area contributed by atoms with E-state index in [4.69, 9.17) is 9.84 Å². The van der Waals surface area contributed by atoms with Gasteiger partial charge in [-0.25, -0.2) is 4.79 Å². The van der Waals surface area contributed by atoms with E-state index in [1.54, 1.807) is 36.4 Å². The van der Waals surface area contributed by atoms with Crippen LogP contribution < -0.4 is 5.32 Å². The molecule has 2 aromatic carbocycles. The number of ether oxygens (including phenoxy) is 1. The van der Waals surface area contributed by atoms with Crippen molar-refractivity contribution in [3.63, 3.8) is 0 Å². The van der Waals surface area contributed by atoms with Crippen LogP contribution in [-0.2, 0) is 16.1 Å². The first-order valence-corrected chi connectivity index (χ1v) is 7.27. The molecule has 0 fully saturated rings. The molecule has 0 aliphatic heterocycles. The van der Waals surface area contributed by atoms with Crippen molar-refractivity contribution in [2.75, 3.05) is 11.9 Å². The zero-order valence-corrected chi connectivity index (χ0v) is 13.1. The Balaban J connectivity index is 1.91. The average molecular weight is 327 g/mol. The number of ketones is 1. The molecule has 2 N–H and O–H groups in total. The molecule has 0 saturated heterocycles. The van der Waals surface area contributed by atoms with Gasteiger partial charge < -0.3 is 15.2 Å². The van der Waals surface area contributed by atoms with Gasteiger partial charge in [0.15, 0.2) is 12.4 Å². The lowest BCUT2D eigenvalue weighted by atomic mass is 10.1. The number of benzene rings is 2. The van der Waals surface area contributed by atoms with Gasteiger partial charge >= 0.3 is 5.97 Å². The maximum atomic E-state index is 12.0. The standard InChI is InChI=1S/C18H17NO5/c1-12(21)19-16-8-6-14(7-9-16)17(22)11-24-18(23)15-4-2-13(10-20)3-5-15/h2-9,20H,10-11H2,1H3,(H,19,21). The average Bonchev–Trinajstić information content (AvgIpc) is 2.59. The Morgan fingerprint density at radius 1 is 0.958 bits per heavy atom. The van der Waals surface area contributed by atoms with E-state index in [2.05, 4.69) is 5.32 Å². The Morgan fingerprint density at radius 3 is 2.08 bits per heavy atom. The highest BCUT2D eigenvalue weighted by Gasteiger charge is 2.12. The summed E-state index contributed by atoms with van der Waals surface area (Å²) in [6.07, 6.45) is 0. The number of nitrogens with one attached hydrogen (secondary N) is 1. The second kappa shape index (κ2) is 8.03. The quantitative estimate of drug-likeness (QED) is 0.626. The molecule has 6 heteroatoms. The van der Waals surface area contributed by atoms with E-state index in [1.807, 2.05) is 0 Å². The fraction of sp³-hybridized carbons (Fsp3) is 0.167. The van der Waals surface area contributed by atoms with Crippen LogP contribution in [0.1, 0.15) is 33.2 Å². The second-order valence-corrected chi connectivity index (χ2v) is 5.11. The highest BCUT2D eigenvalue weighted by molar-refractivity contribution is 6.00. The van der Waals surface area contributed by atoms with Gasteiger partial charge in [0.2, 0.25) is 5.91 Å². The minimum atomic E-state index is -0.609. The van der Waals surface area contributed by atoms with Crippen molar-refractivity contribution in [1.82, 2.24) is 0 Å². The zero-order chi connectivity index (χ0) is 17.5. The molecule has 0 aliphatic carbocycles. The van der Waals surface area contributed by atoms with Gasteiger partial charge in [-0.05, 0) is 42.0 Å². The maximum Gasteiger partial charge on any atom is 0.338 e. The number of anilines is 1. The van der Waals surface area contributed by atoms with Crippen LogP contribution in [0.4, 0.5) is 5.69 Å². The number of hydrogen-bond donors (Lipinski definition) is 2. The molecule has 0 saturated carbocycles. The van der Waals surface area contributed by atoms with Crippen LogP contribution in [0.5, 0.6) is 0 Å². The van der Waals surface area contributed by atoms with Gasteiger partial charge in [-0.1, -0.05) is 12.1 Å². The van der Waals surface area contributed by atoms with E-state index in [9.17, 15) is 14.4 Å². The fourth-order valence-corrected chi connectivity index (χ4v) is 1.99. The minimum absolute atomic E-state index is 0.109. The van der Waals surface area contributed by atoms with Gasteiger partial charge in [-0.15, -0.1) is 0 Å². The Labute approximate surface area is 139 Å². The predicted molar refractivity (Wildman–Crippen MR) is 87.7 cm³/mol. The van der Waals surface area contributed by atoms with Crippen molar-refractivity contribution in [2.45, 2.75) is 13.5 Å². The fourth-order valence-electron chi connectivity index (χ4n) is 1.99. The molecule has 6 nitrogen and oxygen atoms in total. The molecule has 0 aliphatic rings. The molecule has 0 spiro atoms. The molecular formula is C18H17NO5. The molecule has 2 rings (SSSR count). The van der Waals surface area contributed by atoms with Crippen molar-refractivity contribution in [3.05, 3.63) is 65.2 Å². The van der Waals surface area contributed by atoms with Gasteiger partial charge in [0.25, 0.3) is 0 Å². The Kier molecular flexibility index (Phi) is 5.81. The Morgan fingerprint density at radius 2 is 1.54 bits per heavy atom. The first-order chi connectivity index (χ1) is 11.5. The minimum Gasteiger partial charge on any atom is -0.454 e. The van der Waals surface area contributed by atoms with Crippen LogP contribution in [0.3, 0.4) is 0 Å². The van der Waals surface area contributed by atoms with Gasteiger partial charge in [0, 0.05) is 18.2 Å². The molecule has 24 heavy (non-hydrogen) atoms. The first kappa shape index (κ1) is 17.4. The van der Waals surface area contributed by atoms with Crippen molar-refractivity contribution >= 4 is 23.3 Å². The summed E-state index contributed by atoms with van der Waals surface area (Å²) in [4.78, 5) is 34.8. The molecule has 124 valence electrons. The SMILES string of the molecule is CC(=O)Nc1ccc(C(=O)COC(=O)c2ccc(CO)cc2)cc1. The van der Waals surface area contributed by atoms with E-state index >= 15 is 0 Å². The third kappa shape index (κ3) is 4.76. The molecule has 2 aromatic rings. The van der Waals surface area contributed by atoms with Gasteiger partial charge in [-0.2, -0.15) is 0 Å². The van der Waals surface area contributed by atoms with E-state index in [-0.39, 0.29) is 24.9 Å². The highest BCUT2D eigenvalue weighted by atomic mass is 16.5. The molecule has 1 amide bonds. The predicted octanol–water partition coefficient (Wildman–Crippen LogP) is 2.18. The number of rotatable bonds is 6. The maximum absolute atomic E-state index is 12.0. The molecule has 0 atom stereocenters. The highest BCUT2D eigenvalue weighted by Crippen LogP contribution is 2.11. The van der Waals surface area contributed by atoms with Gasteiger partial charge in [0.05, 0.1) is 12.2 Å². The summed E-state index contributed by atoms with van der Waals surface area (Å²) in [6.45, 7) is 0.911. The first-order valence-electron chi connectivity index (χ1n) is 7.27. The summed E-state index contributed by atoms with van der Waals surface area (Å²) in [7, 11) is 0. The van der Waals surface area contributed by atoms with Crippen LogP contribution in [0.25, 0.3) is 0 Å². The van der Waals surface area contributed by atoms with Crippen LogP contribution in [-0.4, -0.2) is 29.4 Å². The van der Waals surface area contributed by atoms with Crippen LogP contribution in [0.2, 0.25) is 0 Å². The number of carbonyl (C=O) groups excluding carboxylic acids is 3. The summed E-state index contributed by atoms with van der Waals surface area (Å²) in [5.41, 5.74) is 1.95. The summed E-state index contributed by atoms with van der Waals surface area (Å²) >= 11 is 0. The molecular weight excluding hydrogens is 310 g/mol. The molecule has 0 heterocycles. The molecule has 0 aromatic heterocycles. The van der Waals surface area contributed by atoms with Crippen molar-refractivity contribution in [2.24, 2.45) is 0 Å². The van der Waals surface area contributed by atoms with Gasteiger partial charge in [0.1, 0.15) is 0 Å². The Hall–Kier alpha value is -2.99. The summed E-state index contributed by atoms with van der Waals surface area (Å²) < 4.78 is 4.99. The lowest BCUT2D eigenvalue weighted by Gasteiger charge is -2.06. The van der Waals surface area contributed by atoms with Crippen LogP contribution >= 0.6 is 0 Å². The number of esters is 1. The Bertz CT molecular complexity index is 735. The zero-order valence-electron chi connectivity index (χ0n) is 13.1. The summed E-state index contributed by atoms with van der Waals surface area (Å²) in [5, 5.41) is 11.6. The van der Waals surface area contributed by atoms with Crippen LogP contribution in [0, 0.1) is 0 Å². The third-order valence-electron chi connectivity index (χ3n) is 3.23. The number of aliphatic hydroxyl groups is 1. The van der Waals surface area contributed by atoms with E-state index in [0.29, 0.717) is 22.4 Å². The lowest BCUT2D eigenvalue weighted by Crippen LogP contribution is -2.14. The number of Topliss-reactive ketones (excluding diaryl/α,β-unsaturated/α-hetero) is 1. The van der Waals surface area contributed by atoms with Crippen LogP contribution in [0.15, 0.2) is 48.5 Å². The molecule has 0 unspecified atom stereocenters. The number of hydrogen-bond acceptors (Lipinski definition) is 5. The molecule has 0 radical (unpaired) electrons. The van der Waals surface area contributed by atoms with E-state index < -0.39 is 5.97 Å². The topological polar surface area (TPSA) is 92.7 Å². The number of amides is 1. The van der Waals surface area contributed by atoms with Gasteiger partial charge in [-0.3, -0.25) is 9.59 Å². The number of carbonyl (C=O) groups is 3. The van der Waals surface area contributed by atoms with E-state index in [1.165, 1.54) is 19.1 Å². The summed E-state index contributed by atoms with van der Waals surface area (Å²) in [5.74, 6) is -1.15. The van der Waals surface area contributed by atoms with Crippen molar-refractivity contribution in [1.29, 1.82) is 0 Å². The van der Waals surface area contributed by atoms with E-state index in [0.717, 1.165) is 0 Å². The normalized spacial score (nSPS) is 10.1. The van der Waals surface area contributed by atoms with Crippen molar-refractivity contribution in [3.8, 4) is 0 Å². The second-order valence-electron chi connectivity index (χ2n) is 5.11. The third-order valence-corrected chi connectivity index (χ3v) is 3.23. The summed E-state index contributed by atoms with van der Waals surface area (Å²) in [6, 6.07) is 12.6. The molecule has 0 bridgehead atoms. The monoisotopic (exact) mass is 327 g/mol. The smallest absolute Gasteiger partial charge is 0.338 e. The lowest BCUT2D eigenvalue weighted by molar-refractivity contribution is -0.114.